The van der Waals surface area contributed by atoms with Crippen molar-refractivity contribution in [2.45, 2.75) is 103 Å². The van der Waals surface area contributed by atoms with Gasteiger partial charge in [-0.1, -0.05) is 23.2 Å². The average Bonchev–Trinajstić information content (AvgIpc) is 3.47. The summed E-state index contributed by atoms with van der Waals surface area (Å²) in [5.41, 5.74) is -2.67. The summed E-state index contributed by atoms with van der Waals surface area (Å²) in [5.74, 6) is -2.53. The van der Waals surface area contributed by atoms with E-state index in [-0.39, 0.29) is 47.7 Å². The lowest BCUT2D eigenvalue weighted by Crippen LogP contribution is -2.45. The summed E-state index contributed by atoms with van der Waals surface area (Å²) in [6.45, 7) is 7.04. The first-order valence-corrected chi connectivity index (χ1v) is 14.5. The van der Waals surface area contributed by atoms with E-state index in [4.69, 9.17) is 27.9 Å². The molecule has 2 N–H and O–H groups in total. The summed E-state index contributed by atoms with van der Waals surface area (Å²) in [5, 5.41) is 16.3. The van der Waals surface area contributed by atoms with Crippen molar-refractivity contribution >= 4 is 40.9 Å². The van der Waals surface area contributed by atoms with Crippen LogP contribution < -0.4 is 5.32 Å². The maximum absolute atomic E-state index is 14.4. The van der Waals surface area contributed by atoms with Gasteiger partial charge in [-0.15, -0.1) is 0 Å². The van der Waals surface area contributed by atoms with E-state index in [1.807, 2.05) is 13.8 Å². The van der Waals surface area contributed by atoms with E-state index < -0.39 is 64.3 Å². The van der Waals surface area contributed by atoms with Gasteiger partial charge in [0.05, 0.1) is 56.6 Å². The second-order valence-electron chi connectivity index (χ2n) is 12.2. The molecule has 8 nitrogen and oxygen atoms in total. The molecule has 2 aliphatic rings. The number of ether oxygens (including phenoxy) is 1. The lowest BCUT2D eigenvalue weighted by molar-refractivity contribution is -0.152. The normalized spacial score (nSPS) is 24.8. The Morgan fingerprint density at radius 1 is 1.12 bits per heavy atom. The topological polar surface area (TPSA) is 111 Å². The van der Waals surface area contributed by atoms with Gasteiger partial charge in [0.25, 0.3) is 5.91 Å². The monoisotopic (exact) mass is 631 g/mol. The van der Waals surface area contributed by atoms with Crippen LogP contribution in [0.1, 0.15) is 104 Å². The number of alkyl halides is 3. The zero-order valence-electron chi connectivity index (χ0n) is 23.8. The number of halogens is 5. The molecule has 4 rings (SSSR count). The molecule has 1 aliphatic heterocycles. The van der Waals surface area contributed by atoms with Crippen molar-refractivity contribution in [3.8, 4) is 0 Å². The summed E-state index contributed by atoms with van der Waals surface area (Å²) in [6, 6.07) is 1.46. The molecule has 1 unspecified atom stereocenters. The van der Waals surface area contributed by atoms with Crippen LogP contribution in [0.3, 0.4) is 0 Å². The summed E-state index contributed by atoms with van der Waals surface area (Å²) in [4.78, 5) is 38.4. The lowest BCUT2D eigenvalue weighted by atomic mass is 9.74. The van der Waals surface area contributed by atoms with Gasteiger partial charge in [-0.3, -0.25) is 19.1 Å². The molecular formula is C29H34Cl2F3N3O5. The molecule has 0 radical (unpaired) electrons. The quantitative estimate of drug-likeness (QED) is 0.302. The van der Waals surface area contributed by atoms with Crippen molar-refractivity contribution in [3.05, 3.63) is 50.8 Å². The molecule has 2 aromatic rings. The number of hydrogen-bond acceptors (Lipinski definition) is 5. The number of aromatic nitrogens is 2. The minimum atomic E-state index is -4.92. The molecule has 1 amide bonds. The van der Waals surface area contributed by atoms with Gasteiger partial charge in [0, 0.05) is 6.42 Å². The number of ketones is 1. The van der Waals surface area contributed by atoms with Crippen molar-refractivity contribution in [2.24, 2.45) is 5.41 Å². The second kappa shape index (κ2) is 11.8. The fourth-order valence-electron chi connectivity index (χ4n) is 5.88. The summed E-state index contributed by atoms with van der Waals surface area (Å²) < 4.78 is 50.0. The molecule has 1 aliphatic carbocycles. The first-order chi connectivity index (χ1) is 19.4. The van der Waals surface area contributed by atoms with Crippen molar-refractivity contribution in [1.82, 2.24) is 15.1 Å². The summed E-state index contributed by atoms with van der Waals surface area (Å²) in [7, 11) is 0. The van der Waals surface area contributed by atoms with Gasteiger partial charge in [0.15, 0.2) is 11.5 Å². The number of rotatable bonds is 8. The van der Waals surface area contributed by atoms with Gasteiger partial charge in [-0.2, -0.15) is 18.3 Å². The molecule has 1 saturated carbocycles. The second-order valence-corrected chi connectivity index (χ2v) is 13.0. The predicted octanol–water partition coefficient (Wildman–Crippen LogP) is 7.05. The standard InChI is InChI=1S/C29H34Cl2F3N3O5/c1-15-11-18(30)23(19(31)12-15)21(38)13-20(22-7-8-27(2,3)42-22)36-25(39)17-14-35-37(24(17)29(32,33)34)16-5-9-28(4,10-6-16)26(40)41/h11-12,14,16,20,22H,5-10,13H2,1-4H3,(H,36,39)(H,40,41)/t16?,20?,22-,28?/m0/s1. The molecule has 13 heteroatoms. The number of amides is 1. The molecule has 230 valence electrons. The smallest absolute Gasteiger partial charge is 0.433 e. The van der Waals surface area contributed by atoms with Gasteiger partial charge in [0.1, 0.15) is 0 Å². The lowest BCUT2D eigenvalue weighted by Gasteiger charge is -2.34. The van der Waals surface area contributed by atoms with Gasteiger partial charge in [-0.05, 0) is 83.9 Å². The Morgan fingerprint density at radius 3 is 2.21 bits per heavy atom. The molecular weight excluding hydrogens is 598 g/mol. The molecule has 42 heavy (non-hydrogen) atoms. The zero-order chi connectivity index (χ0) is 31.2. The third kappa shape index (κ3) is 6.78. The first-order valence-electron chi connectivity index (χ1n) is 13.8. The van der Waals surface area contributed by atoms with Crippen LogP contribution in [0.25, 0.3) is 0 Å². The fourth-order valence-corrected chi connectivity index (χ4v) is 6.68. The minimum absolute atomic E-state index is 0.0647. The van der Waals surface area contributed by atoms with Gasteiger partial charge < -0.3 is 15.2 Å². The number of carbonyl (C=O) groups excluding carboxylic acids is 2. The van der Waals surface area contributed by atoms with E-state index in [0.29, 0.717) is 12.8 Å². The Morgan fingerprint density at radius 2 is 1.71 bits per heavy atom. The number of Topliss-reactive ketones (excluding diaryl/α,β-unsaturated/α-hetero) is 1. The number of benzene rings is 1. The molecule has 1 aromatic heterocycles. The predicted molar refractivity (Wildman–Crippen MR) is 150 cm³/mol. The summed E-state index contributed by atoms with van der Waals surface area (Å²) >= 11 is 12.6. The molecule has 2 fully saturated rings. The van der Waals surface area contributed by atoms with Crippen LogP contribution in [-0.4, -0.2) is 50.3 Å². The van der Waals surface area contributed by atoms with E-state index in [1.165, 1.54) is 0 Å². The van der Waals surface area contributed by atoms with Gasteiger partial charge in [0.2, 0.25) is 0 Å². The number of carboxylic acid groups (broad SMARTS) is 1. The number of nitrogens with zero attached hydrogens (tertiary/aromatic N) is 2. The largest absolute Gasteiger partial charge is 0.481 e. The zero-order valence-corrected chi connectivity index (χ0v) is 25.3. The van der Waals surface area contributed by atoms with Crippen LogP contribution in [0.4, 0.5) is 13.2 Å². The first kappa shape index (κ1) is 32.3. The minimum Gasteiger partial charge on any atom is -0.481 e. The molecule has 0 spiro atoms. The van der Waals surface area contributed by atoms with E-state index >= 15 is 0 Å². The van der Waals surface area contributed by atoms with E-state index in [2.05, 4.69) is 10.4 Å². The van der Waals surface area contributed by atoms with Crippen LogP contribution in [0.2, 0.25) is 10.0 Å². The highest BCUT2D eigenvalue weighted by atomic mass is 35.5. The molecule has 2 heterocycles. The highest BCUT2D eigenvalue weighted by Gasteiger charge is 2.45. The molecule has 0 bridgehead atoms. The highest BCUT2D eigenvalue weighted by Crippen LogP contribution is 2.43. The Hall–Kier alpha value is -2.63. The number of aryl methyl sites for hydroxylation is 1. The number of carboxylic acids is 1. The Bertz CT molecular complexity index is 1360. The fraction of sp³-hybridized carbons (Fsp3) is 0.586. The van der Waals surface area contributed by atoms with E-state index in [9.17, 15) is 32.7 Å². The van der Waals surface area contributed by atoms with E-state index in [0.717, 1.165) is 16.4 Å². The third-order valence-electron chi connectivity index (χ3n) is 8.37. The van der Waals surface area contributed by atoms with Crippen molar-refractivity contribution in [1.29, 1.82) is 0 Å². The third-order valence-corrected chi connectivity index (χ3v) is 8.96. The van der Waals surface area contributed by atoms with Crippen LogP contribution >= 0.6 is 23.2 Å². The number of nitrogens with one attached hydrogen (secondary N) is 1. The van der Waals surface area contributed by atoms with Crippen LogP contribution in [-0.2, 0) is 15.7 Å². The molecule has 1 aromatic carbocycles. The average molecular weight is 633 g/mol. The highest BCUT2D eigenvalue weighted by molar-refractivity contribution is 6.40. The van der Waals surface area contributed by atoms with Crippen LogP contribution in [0.5, 0.6) is 0 Å². The van der Waals surface area contributed by atoms with Crippen molar-refractivity contribution in [3.63, 3.8) is 0 Å². The maximum atomic E-state index is 14.4. The van der Waals surface area contributed by atoms with E-state index in [1.54, 1.807) is 26.0 Å². The summed E-state index contributed by atoms with van der Waals surface area (Å²) in [6.07, 6.45) is -3.24. The molecule has 2 atom stereocenters. The number of aliphatic carboxylic acids is 1. The maximum Gasteiger partial charge on any atom is 0.433 e. The van der Waals surface area contributed by atoms with Gasteiger partial charge >= 0.3 is 12.1 Å². The van der Waals surface area contributed by atoms with Crippen molar-refractivity contribution < 1.29 is 37.4 Å². The Balaban J connectivity index is 1.62. The van der Waals surface area contributed by atoms with Gasteiger partial charge in [-0.25, -0.2) is 0 Å². The van der Waals surface area contributed by atoms with Crippen molar-refractivity contribution in [2.75, 3.05) is 0 Å². The molecule has 1 saturated heterocycles. The number of hydrogen-bond donors (Lipinski definition) is 2. The Kier molecular flexibility index (Phi) is 9.08. The number of carbonyl (C=O) groups is 3. The van der Waals surface area contributed by atoms with Crippen LogP contribution in [0, 0.1) is 12.3 Å². The Labute approximate surface area is 251 Å². The van der Waals surface area contributed by atoms with Crippen LogP contribution in [0.15, 0.2) is 18.3 Å². The SMILES string of the molecule is Cc1cc(Cl)c(C(=O)CC(NC(=O)c2cnn(C3CCC(C)(C(=O)O)CC3)c2C(F)(F)F)[C@@H]2CCC(C)(C)O2)c(Cl)c1.